The van der Waals surface area contributed by atoms with Crippen molar-refractivity contribution >= 4 is 5.78 Å². The lowest BCUT2D eigenvalue weighted by Gasteiger charge is -2.33. The normalized spacial score (nSPS) is 44.6. The van der Waals surface area contributed by atoms with E-state index in [0.29, 0.717) is 23.7 Å². The van der Waals surface area contributed by atoms with Crippen molar-refractivity contribution in [2.45, 2.75) is 52.5 Å². The number of ketones is 1. The van der Waals surface area contributed by atoms with E-state index < -0.39 is 0 Å². The molecule has 16 heavy (non-hydrogen) atoms. The number of carbonyl (C=O) groups excluding carboxylic acids is 1. The smallest absolute Gasteiger partial charge is 0.140 e. The van der Waals surface area contributed by atoms with E-state index >= 15 is 0 Å². The highest BCUT2D eigenvalue weighted by Gasteiger charge is 2.36. The Labute approximate surface area is 99.2 Å². The molecule has 2 aliphatic rings. The van der Waals surface area contributed by atoms with Crippen LogP contribution in [0.3, 0.4) is 0 Å². The molecule has 1 aliphatic heterocycles. The standard InChI is InChI=1S/C14H25NO/c1-9-4-5-12(8-10(9)2)14(16)13-6-7-15-11(13)3/h9-13,15H,4-8H2,1-3H3. The summed E-state index contributed by atoms with van der Waals surface area (Å²) < 4.78 is 0. The highest BCUT2D eigenvalue weighted by molar-refractivity contribution is 5.84. The summed E-state index contributed by atoms with van der Waals surface area (Å²) in [7, 11) is 0. The van der Waals surface area contributed by atoms with Gasteiger partial charge in [-0.05, 0) is 51.0 Å². The van der Waals surface area contributed by atoms with E-state index in [4.69, 9.17) is 0 Å². The van der Waals surface area contributed by atoms with Crippen LogP contribution in [-0.4, -0.2) is 18.4 Å². The lowest BCUT2D eigenvalue weighted by molar-refractivity contribution is -0.128. The lowest BCUT2D eigenvalue weighted by atomic mass is 9.72. The second-order valence-electron chi connectivity index (χ2n) is 6.00. The first-order valence-corrected chi connectivity index (χ1v) is 6.86. The summed E-state index contributed by atoms with van der Waals surface area (Å²) in [4.78, 5) is 12.4. The topological polar surface area (TPSA) is 29.1 Å². The summed E-state index contributed by atoms with van der Waals surface area (Å²) in [6.45, 7) is 7.81. The number of hydrogen-bond donors (Lipinski definition) is 1. The molecule has 0 aromatic carbocycles. The Morgan fingerprint density at radius 1 is 1.06 bits per heavy atom. The molecule has 2 heteroatoms. The summed E-state index contributed by atoms with van der Waals surface area (Å²) in [6, 6.07) is 0.405. The molecular formula is C14H25NO. The zero-order valence-corrected chi connectivity index (χ0v) is 10.8. The van der Waals surface area contributed by atoms with Gasteiger partial charge in [-0.3, -0.25) is 4.79 Å². The average Bonchev–Trinajstić information content (AvgIpc) is 2.67. The van der Waals surface area contributed by atoms with Crippen LogP contribution < -0.4 is 5.32 Å². The molecule has 0 spiro atoms. The molecule has 0 amide bonds. The van der Waals surface area contributed by atoms with Gasteiger partial charge in [0.25, 0.3) is 0 Å². The van der Waals surface area contributed by atoms with E-state index in [1.807, 2.05) is 0 Å². The zero-order chi connectivity index (χ0) is 11.7. The van der Waals surface area contributed by atoms with E-state index in [-0.39, 0.29) is 0 Å². The molecule has 5 unspecified atom stereocenters. The summed E-state index contributed by atoms with van der Waals surface area (Å²) in [6.07, 6.45) is 4.56. The highest BCUT2D eigenvalue weighted by atomic mass is 16.1. The number of hydrogen-bond acceptors (Lipinski definition) is 2. The molecule has 1 saturated carbocycles. The van der Waals surface area contributed by atoms with E-state index in [1.165, 1.54) is 6.42 Å². The second-order valence-corrected chi connectivity index (χ2v) is 6.00. The maximum Gasteiger partial charge on any atom is 0.140 e. The first kappa shape index (κ1) is 12.1. The summed E-state index contributed by atoms with van der Waals surface area (Å²) in [5.41, 5.74) is 0. The highest BCUT2D eigenvalue weighted by Crippen LogP contribution is 2.36. The molecule has 0 radical (unpaired) electrons. The molecule has 1 N–H and O–H groups in total. The fraction of sp³-hybridized carbons (Fsp3) is 0.929. The van der Waals surface area contributed by atoms with Gasteiger partial charge in [-0.2, -0.15) is 0 Å². The Kier molecular flexibility index (Phi) is 3.68. The molecule has 0 bridgehead atoms. The van der Waals surface area contributed by atoms with Crippen molar-refractivity contribution in [1.29, 1.82) is 0 Å². The van der Waals surface area contributed by atoms with Crippen LogP contribution in [0.2, 0.25) is 0 Å². The van der Waals surface area contributed by atoms with Gasteiger partial charge in [-0.15, -0.1) is 0 Å². The van der Waals surface area contributed by atoms with E-state index in [0.717, 1.165) is 37.6 Å². The fourth-order valence-corrected chi connectivity index (χ4v) is 3.36. The van der Waals surface area contributed by atoms with Gasteiger partial charge < -0.3 is 5.32 Å². The van der Waals surface area contributed by atoms with Gasteiger partial charge >= 0.3 is 0 Å². The van der Waals surface area contributed by atoms with Gasteiger partial charge in [0.05, 0.1) is 0 Å². The van der Waals surface area contributed by atoms with Crippen LogP contribution in [0.15, 0.2) is 0 Å². The largest absolute Gasteiger partial charge is 0.314 e. The Morgan fingerprint density at radius 2 is 1.81 bits per heavy atom. The summed E-state index contributed by atoms with van der Waals surface area (Å²) >= 11 is 0. The minimum atomic E-state index is 0.297. The Balaban J connectivity index is 1.95. The molecule has 5 atom stereocenters. The van der Waals surface area contributed by atoms with Crippen molar-refractivity contribution in [2.75, 3.05) is 6.54 Å². The molecule has 1 saturated heterocycles. The monoisotopic (exact) mass is 223 g/mol. The number of nitrogens with one attached hydrogen (secondary N) is 1. The lowest BCUT2D eigenvalue weighted by Crippen LogP contribution is -2.35. The third-order valence-electron chi connectivity index (χ3n) is 4.89. The Morgan fingerprint density at radius 3 is 2.38 bits per heavy atom. The van der Waals surface area contributed by atoms with Gasteiger partial charge in [0.1, 0.15) is 5.78 Å². The van der Waals surface area contributed by atoms with Crippen LogP contribution in [0.5, 0.6) is 0 Å². The minimum Gasteiger partial charge on any atom is -0.314 e. The van der Waals surface area contributed by atoms with Crippen molar-refractivity contribution in [3.05, 3.63) is 0 Å². The first-order valence-electron chi connectivity index (χ1n) is 6.86. The molecule has 2 rings (SSSR count). The number of rotatable bonds is 2. The van der Waals surface area contributed by atoms with E-state index in [2.05, 4.69) is 26.1 Å². The number of Topliss-reactive ketones (excluding diaryl/α,β-unsaturated/α-hetero) is 1. The first-order chi connectivity index (χ1) is 7.59. The van der Waals surface area contributed by atoms with Gasteiger partial charge in [0, 0.05) is 17.9 Å². The molecule has 92 valence electrons. The second kappa shape index (κ2) is 4.87. The third-order valence-corrected chi connectivity index (χ3v) is 4.89. The predicted molar refractivity (Wildman–Crippen MR) is 66.2 cm³/mol. The van der Waals surface area contributed by atoms with Crippen molar-refractivity contribution in [3.63, 3.8) is 0 Å². The van der Waals surface area contributed by atoms with E-state index in [1.54, 1.807) is 0 Å². The zero-order valence-electron chi connectivity index (χ0n) is 10.8. The quantitative estimate of drug-likeness (QED) is 0.779. The van der Waals surface area contributed by atoms with Crippen LogP contribution in [0.4, 0.5) is 0 Å². The summed E-state index contributed by atoms with van der Waals surface area (Å²) in [5.74, 6) is 2.75. The SMILES string of the molecule is CC1CCC(C(=O)C2CCNC2C)CC1C. The minimum absolute atomic E-state index is 0.297. The van der Waals surface area contributed by atoms with Crippen molar-refractivity contribution < 1.29 is 4.79 Å². The van der Waals surface area contributed by atoms with Crippen molar-refractivity contribution in [2.24, 2.45) is 23.7 Å². The van der Waals surface area contributed by atoms with Crippen LogP contribution >= 0.6 is 0 Å². The summed E-state index contributed by atoms with van der Waals surface area (Å²) in [5, 5.41) is 3.39. The molecule has 0 aromatic heterocycles. The predicted octanol–water partition coefficient (Wildman–Crippen LogP) is 2.63. The fourth-order valence-electron chi connectivity index (χ4n) is 3.36. The van der Waals surface area contributed by atoms with Gasteiger partial charge in [-0.1, -0.05) is 13.8 Å². The average molecular weight is 223 g/mol. The molecule has 2 nitrogen and oxygen atoms in total. The van der Waals surface area contributed by atoms with Crippen molar-refractivity contribution in [1.82, 2.24) is 5.32 Å². The van der Waals surface area contributed by atoms with Crippen LogP contribution in [0.1, 0.15) is 46.5 Å². The Bertz CT molecular complexity index is 263. The van der Waals surface area contributed by atoms with Crippen LogP contribution in [-0.2, 0) is 4.79 Å². The van der Waals surface area contributed by atoms with E-state index in [9.17, 15) is 4.79 Å². The molecule has 1 aliphatic carbocycles. The molecule has 2 fully saturated rings. The van der Waals surface area contributed by atoms with Gasteiger partial charge in [0.2, 0.25) is 0 Å². The van der Waals surface area contributed by atoms with Crippen LogP contribution in [0, 0.1) is 23.7 Å². The van der Waals surface area contributed by atoms with Gasteiger partial charge in [-0.25, -0.2) is 0 Å². The van der Waals surface area contributed by atoms with Crippen LogP contribution in [0.25, 0.3) is 0 Å². The van der Waals surface area contributed by atoms with Gasteiger partial charge in [0.15, 0.2) is 0 Å². The molecular weight excluding hydrogens is 198 g/mol. The maximum absolute atomic E-state index is 12.4. The maximum atomic E-state index is 12.4. The molecule has 1 heterocycles. The number of carbonyl (C=O) groups is 1. The third kappa shape index (κ3) is 2.32. The van der Waals surface area contributed by atoms with Crippen molar-refractivity contribution in [3.8, 4) is 0 Å². The Hall–Kier alpha value is -0.370. The molecule has 0 aromatic rings.